The van der Waals surface area contributed by atoms with Crippen LogP contribution in [0.5, 0.6) is 0 Å². The van der Waals surface area contributed by atoms with Gasteiger partial charge in [0.05, 0.1) is 30.5 Å². The SMILES string of the molecule is CC1=C[C@H]2[C@@]3(O)[C@H](C)CC(O)(n4c(=O)n(-c5ccccc5)c(=O)n4CC(C)O)C(O)[C@@H]3C=C(CO)C[C@]2(O)C1O. The molecule has 3 aliphatic rings. The Labute approximate surface area is 230 Å². The van der Waals surface area contributed by atoms with Crippen LogP contribution in [0.25, 0.3) is 5.69 Å². The fraction of sp³-hybridized carbons (Fsp3) is 0.571. The minimum absolute atomic E-state index is 0.198. The van der Waals surface area contributed by atoms with Gasteiger partial charge in [-0.1, -0.05) is 37.3 Å². The highest BCUT2D eigenvalue weighted by atomic mass is 16.4. The summed E-state index contributed by atoms with van der Waals surface area (Å²) in [6, 6.07) is 8.03. The maximum absolute atomic E-state index is 13.8. The van der Waals surface area contributed by atoms with Gasteiger partial charge in [-0.15, -0.1) is 0 Å². The third-order valence-electron chi connectivity index (χ3n) is 9.09. The Morgan fingerprint density at radius 1 is 1.05 bits per heavy atom. The largest absolute Gasteiger partial charge is 0.392 e. The summed E-state index contributed by atoms with van der Waals surface area (Å²) in [7, 11) is 0. The van der Waals surface area contributed by atoms with Gasteiger partial charge in [-0.25, -0.2) is 18.8 Å². The van der Waals surface area contributed by atoms with E-state index < -0.39 is 77.4 Å². The molecule has 7 N–H and O–H groups in total. The number of fused-ring (bicyclic) bond motifs is 3. The molecule has 1 saturated carbocycles. The predicted octanol–water partition coefficient (Wildman–Crippen LogP) is -1.43. The molecule has 40 heavy (non-hydrogen) atoms. The average molecular weight is 560 g/mol. The van der Waals surface area contributed by atoms with Crippen molar-refractivity contribution < 1.29 is 35.7 Å². The van der Waals surface area contributed by atoms with Crippen LogP contribution in [0.15, 0.2) is 63.2 Å². The average Bonchev–Trinajstić information content (AvgIpc) is 3.24. The molecule has 2 aromatic rings. The van der Waals surface area contributed by atoms with Crippen LogP contribution in [-0.2, 0) is 12.3 Å². The number of para-hydroxylation sites is 1. The smallest absolute Gasteiger partial charge is 0.354 e. The van der Waals surface area contributed by atoms with E-state index in [-0.39, 0.29) is 24.2 Å². The first kappa shape index (κ1) is 28.7. The molecule has 0 amide bonds. The lowest BCUT2D eigenvalue weighted by Crippen LogP contribution is -2.69. The highest BCUT2D eigenvalue weighted by Crippen LogP contribution is 2.57. The van der Waals surface area contributed by atoms with Crippen molar-refractivity contribution in [2.75, 3.05) is 6.61 Å². The molecule has 0 spiro atoms. The van der Waals surface area contributed by atoms with Gasteiger partial charge < -0.3 is 35.7 Å². The van der Waals surface area contributed by atoms with Crippen LogP contribution in [0.1, 0.15) is 33.6 Å². The first-order valence-corrected chi connectivity index (χ1v) is 13.4. The zero-order chi connectivity index (χ0) is 29.4. The number of nitrogens with zero attached hydrogens (tertiary/aromatic N) is 3. The lowest BCUT2D eigenvalue weighted by molar-refractivity contribution is -0.271. The summed E-state index contributed by atoms with van der Waals surface area (Å²) in [6.45, 7) is 3.68. The van der Waals surface area contributed by atoms with Crippen LogP contribution in [0.3, 0.4) is 0 Å². The van der Waals surface area contributed by atoms with Crippen LogP contribution in [0, 0.1) is 17.8 Å². The molecule has 0 bridgehead atoms. The Bertz CT molecular complexity index is 1470. The normalized spacial score (nSPS) is 38.2. The van der Waals surface area contributed by atoms with Crippen LogP contribution in [0.2, 0.25) is 0 Å². The maximum atomic E-state index is 13.8. The molecule has 0 radical (unpaired) electrons. The van der Waals surface area contributed by atoms with Crippen molar-refractivity contribution in [3.8, 4) is 5.69 Å². The molecular formula is C28H37N3O9. The summed E-state index contributed by atoms with van der Waals surface area (Å²) in [5, 5.41) is 79.1. The topological polar surface area (TPSA) is 191 Å². The van der Waals surface area contributed by atoms with Crippen LogP contribution >= 0.6 is 0 Å². The van der Waals surface area contributed by atoms with Crippen molar-refractivity contribution in [3.05, 3.63) is 74.6 Å². The third kappa shape index (κ3) is 3.86. The fourth-order valence-electron chi connectivity index (χ4n) is 7.21. The van der Waals surface area contributed by atoms with E-state index in [1.165, 1.54) is 25.1 Å². The summed E-state index contributed by atoms with van der Waals surface area (Å²) in [5.74, 6) is -3.33. The molecule has 1 aromatic carbocycles. The monoisotopic (exact) mass is 559 g/mol. The van der Waals surface area contributed by atoms with Gasteiger partial charge >= 0.3 is 11.4 Å². The second-order valence-electron chi connectivity index (χ2n) is 11.8. The first-order valence-electron chi connectivity index (χ1n) is 13.4. The van der Waals surface area contributed by atoms with Gasteiger partial charge in [0, 0.05) is 24.7 Å². The van der Waals surface area contributed by atoms with Crippen LogP contribution < -0.4 is 11.4 Å². The van der Waals surface area contributed by atoms with Gasteiger partial charge in [0.25, 0.3) is 0 Å². The second-order valence-corrected chi connectivity index (χ2v) is 11.8. The Hall–Kier alpha value is -2.84. The minimum atomic E-state index is -2.45. The lowest BCUT2D eigenvalue weighted by Gasteiger charge is -2.56. The van der Waals surface area contributed by atoms with Crippen molar-refractivity contribution in [3.63, 3.8) is 0 Å². The second kappa shape index (κ2) is 9.62. The molecule has 218 valence electrons. The summed E-state index contributed by atoms with van der Waals surface area (Å²) in [6.07, 6.45) is -2.02. The molecule has 12 heteroatoms. The van der Waals surface area contributed by atoms with E-state index in [1.807, 2.05) is 0 Å². The number of benzene rings is 1. The number of aromatic nitrogens is 3. The Kier molecular flexibility index (Phi) is 6.90. The molecule has 0 saturated heterocycles. The van der Waals surface area contributed by atoms with Gasteiger partial charge in [0.15, 0.2) is 5.72 Å². The highest BCUT2D eigenvalue weighted by Gasteiger charge is 2.68. The highest BCUT2D eigenvalue weighted by molar-refractivity contribution is 5.36. The van der Waals surface area contributed by atoms with E-state index >= 15 is 0 Å². The first-order chi connectivity index (χ1) is 18.7. The lowest BCUT2D eigenvalue weighted by atomic mass is 9.57. The number of rotatable bonds is 5. The maximum Gasteiger partial charge on any atom is 0.354 e. The van der Waals surface area contributed by atoms with E-state index in [0.717, 1.165) is 13.9 Å². The molecule has 12 nitrogen and oxygen atoms in total. The standard InChI is InChI=1S/C28H37N3O9/c1-15-9-21-26(38,22(15)34)12-18(14-32)10-20-23(35)27(39,11-16(2)28(20,21)40)31-25(37)30(19-7-5-4-6-8-19)24(36)29(31)13-17(3)33/h4-10,16-17,20-23,32-35,38-40H,11-14H2,1-3H3/t16-,17?,20+,21-,22?,23?,26-,27?,28-/m1/s1. The van der Waals surface area contributed by atoms with E-state index in [9.17, 15) is 45.3 Å². The van der Waals surface area contributed by atoms with Crippen molar-refractivity contribution in [1.82, 2.24) is 13.9 Å². The van der Waals surface area contributed by atoms with Gasteiger partial charge in [-0.05, 0) is 43.0 Å². The van der Waals surface area contributed by atoms with Crippen LogP contribution in [0.4, 0.5) is 0 Å². The van der Waals surface area contributed by atoms with Crippen LogP contribution in [-0.4, -0.2) is 85.8 Å². The zero-order valence-electron chi connectivity index (χ0n) is 22.6. The van der Waals surface area contributed by atoms with E-state index in [2.05, 4.69) is 0 Å². The molecule has 1 aromatic heterocycles. The summed E-state index contributed by atoms with van der Waals surface area (Å²) >= 11 is 0. The summed E-state index contributed by atoms with van der Waals surface area (Å²) < 4.78 is 2.45. The van der Waals surface area contributed by atoms with Crippen molar-refractivity contribution >= 4 is 0 Å². The fourth-order valence-corrected chi connectivity index (χ4v) is 7.21. The number of hydrogen-bond donors (Lipinski definition) is 7. The Balaban J connectivity index is 1.73. The Morgan fingerprint density at radius 2 is 1.70 bits per heavy atom. The Morgan fingerprint density at radius 3 is 2.30 bits per heavy atom. The minimum Gasteiger partial charge on any atom is -0.392 e. The molecular weight excluding hydrogens is 522 g/mol. The quantitative estimate of drug-likeness (QED) is 0.215. The molecule has 9 atom stereocenters. The van der Waals surface area contributed by atoms with Gasteiger partial charge in [-0.2, -0.15) is 4.68 Å². The van der Waals surface area contributed by atoms with Crippen molar-refractivity contribution in [2.45, 2.75) is 75.4 Å². The molecule has 0 aliphatic heterocycles. The summed E-state index contributed by atoms with van der Waals surface area (Å²) in [5.41, 5.74) is -7.19. The van der Waals surface area contributed by atoms with E-state index in [1.54, 1.807) is 38.1 Å². The predicted molar refractivity (Wildman–Crippen MR) is 142 cm³/mol. The van der Waals surface area contributed by atoms with Crippen molar-refractivity contribution in [1.29, 1.82) is 0 Å². The molecule has 5 rings (SSSR count). The van der Waals surface area contributed by atoms with Gasteiger partial charge in [-0.3, -0.25) is 0 Å². The van der Waals surface area contributed by atoms with E-state index in [0.29, 0.717) is 5.57 Å². The zero-order valence-corrected chi connectivity index (χ0v) is 22.6. The molecule has 3 aliphatic carbocycles. The summed E-state index contributed by atoms with van der Waals surface area (Å²) in [4.78, 5) is 27.4. The molecule has 4 unspecified atom stereocenters. The van der Waals surface area contributed by atoms with E-state index in [4.69, 9.17) is 0 Å². The third-order valence-corrected chi connectivity index (χ3v) is 9.09. The number of hydrogen-bond acceptors (Lipinski definition) is 9. The van der Waals surface area contributed by atoms with Gasteiger partial charge in [0.1, 0.15) is 17.8 Å². The molecule has 1 fully saturated rings. The number of aliphatic hydroxyl groups is 7. The molecule has 1 heterocycles. The van der Waals surface area contributed by atoms with Crippen molar-refractivity contribution in [2.24, 2.45) is 17.8 Å². The number of aliphatic hydroxyl groups excluding tert-OH is 4. The van der Waals surface area contributed by atoms with Gasteiger partial charge in [0.2, 0.25) is 0 Å².